The summed E-state index contributed by atoms with van der Waals surface area (Å²) in [6.45, 7) is 0.457. The lowest BCUT2D eigenvalue weighted by molar-refractivity contribution is 0.0922. The Labute approximate surface area is 115 Å². The summed E-state index contributed by atoms with van der Waals surface area (Å²) in [5.41, 5.74) is 1.02. The quantitative estimate of drug-likeness (QED) is 0.908. The first kappa shape index (κ1) is 12.4. The predicted molar refractivity (Wildman–Crippen MR) is 71.7 cm³/mol. The molecule has 0 saturated carbocycles. The maximum absolute atomic E-state index is 11.7. The van der Waals surface area contributed by atoms with Gasteiger partial charge in [0.1, 0.15) is 0 Å². The maximum atomic E-state index is 11.7. The van der Waals surface area contributed by atoms with Crippen LogP contribution in [0.15, 0.2) is 50.0 Å². The molecule has 5 heteroatoms. The summed E-state index contributed by atoms with van der Waals surface area (Å²) in [6.07, 6.45) is 0. The first-order chi connectivity index (χ1) is 8.16. The third-order valence-electron chi connectivity index (χ3n) is 2.19. The molecular weight excluding hydrogens is 350 g/mol. The van der Waals surface area contributed by atoms with Crippen molar-refractivity contribution in [2.45, 2.75) is 6.54 Å². The molecule has 1 aromatic heterocycles. The molecule has 0 bridgehead atoms. The van der Waals surface area contributed by atoms with E-state index in [1.54, 1.807) is 12.1 Å². The molecule has 0 atom stereocenters. The molecule has 0 fully saturated rings. The van der Waals surface area contributed by atoms with Crippen molar-refractivity contribution in [3.63, 3.8) is 0 Å². The Morgan fingerprint density at radius 1 is 1.18 bits per heavy atom. The van der Waals surface area contributed by atoms with Crippen molar-refractivity contribution in [1.82, 2.24) is 5.32 Å². The van der Waals surface area contributed by atoms with Gasteiger partial charge in [0.25, 0.3) is 5.91 Å². The van der Waals surface area contributed by atoms with Gasteiger partial charge < -0.3 is 9.73 Å². The lowest BCUT2D eigenvalue weighted by Crippen LogP contribution is -2.22. The highest BCUT2D eigenvalue weighted by atomic mass is 79.9. The molecule has 1 N–H and O–H groups in total. The molecule has 1 amide bonds. The number of benzene rings is 1. The normalized spacial score (nSPS) is 10.2. The van der Waals surface area contributed by atoms with Crippen LogP contribution in [0.1, 0.15) is 16.1 Å². The van der Waals surface area contributed by atoms with Crippen molar-refractivity contribution in [3.8, 4) is 0 Å². The smallest absolute Gasteiger partial charge is 0.287 e. The third kappa shape index (κ3) is 3.20. The van der Waals surface area contributed by atoms with Crippen molar-refractivity contribution in [2.24, 2.45) is 0 Å². The summed E-state index contributed by atoms with van der Waals surface area (Å²) in [7, 11) is 0. The second-order valence-corrected chi connectivity index (χ2v) is 5.01. The Balaban J connectivity index is 1.99. The standard InChI is InChI=1S/C12H9Br2NO2/c13-9-4-2-1-3-8(9)7-15-12(16)10-5-6-11(14)17-10/h1-6H,7H2,(H,15,16). The number of furan rings is 1. The fourth-order valence-corrected chi connectivity index (χ4v) is 2.07. The number of halogens is 2. The van der Waals surface area contributed by atoms with Crippen LogP contribution in [-0.4, -0.2) is 5.91 Å². The van der Waals surface area contributed by atoms with Gasteiger partial charge in [0.2, 0.25) is 0 Å². The highest BCUT2D eigenvalue weighted by Crippen LogP contribution is 2.16. The van der Waals surface area contributed by atoms with Crippen LogP contribution in [0.25, 0.3) is 0 Å². The zero-order valence-electron chi connectivity index (χ0n) is 8.74. The number of hydrogen-bond donors (Lipinski definition) is 1. The van der Waals surface area contributed by atoms with Crippen molar-refractivity contribution in [2.75, 3.05) is 0 Å². The van der Waals surface area contributed by atoms with Crippen LogP contribution >= 0.6 is 31.9 Å². The van der Waals surface area contributed by atoms with Crippen LogP contribution in [0.4, 0.5) is 0 Å². The number of hydrogen-bond acceptors (Lipinski definition) is 2. The number of carbonyl (C=O) groups is 1. The molecular formula is C12H9Br2NO2. The summed E-state index contributed by atoms with van der Waals surface area (Å²) in [5.74, 6) is 0.0652. The lowest BCUT2D eigenvalue weighted by Gasteiger charge is -2.05. The van der Waals surface area contributed by atoms with Gasteiger partial charge in [0.05, 0.1) is 0 Å². The van der Waals surface area contributed by atoms with Crippen LogP contribution in [0.3, 0.4) is 0 Å². The van der Waals surface area contributed by atoms with Gasteiger partial charge in [-0.2, -0.15) is 0 Å². The van der Waals surface area contributed by atoms with E-state index in [1.165, 1.54) is 0 Å². The minimum atomic E-state index is -0.230. The van der Waals surface area contributed by atoms with Gasteiger partial charge in [-0.15, -0.1) is 0 Å². The van der Waals surface area contributed by atoms with E-state index in [0.717, 1.165) is 10.0 Å². The Morgan fingerprint density at radius 3 is 2.59 bits per heavy atom. The second kappa shape index (κ2) is 5.51. The largest absolute Gasteiger partial charge is 0.444 e. The highest BCUT2D eigenvalue weighted by Gasteiger charge is 2.10. The third-order valence-corrected chi connectivity index (χ3v) is 3.39. The van der Waals surface area contributed by atoms with Crippen LogP contribution in [-0.2, 0) is 6.54 Å². The molecule has 0 unspecified atom stereocenters. The summed E-state index contributed by atoms with van der Waals surface area (Å²) in [6, 6.07) is 11.1. The lowest BCUT2D eigenvalue weighted by atomic mass is 10.2. The van der Waals surface area contributed by atoms with Gasteiger partial charge in [-0.3, -0.25) is 4.79 Å². The minimum absolute atomic E-state index is 0.230. The van der Waals surface area contributed by atoms with Gasteiger partial charge in [-0.1, -0.05) is 34.1 Å². The number of amides is 1. The molecule has 0 spiro atoms. The number of carbonyl (C=O) groups excluding carboxylic acids is 1. The van der Waals surface area contributed by atoms with Gasteiger partial charge in [-0.25, -0.2) is 0 Å². The van der Waals surface area contributed by atoms with Crippen molar-refractivity contribution in [3.05, 3.63) is 56.9 Å². The summed E-state index contributed by atoms with van der Waals surface area (Å²) >= 11 is 6.58. The van der Waals surface area contributed by atoms with E-state index in [1.807, 2.05) is 24.3 Å². The van der Waals surface area contributed by atoms with E-state index in [-0.39, 0.29) is 5.91 Å². The monoisotopic (exact) mass is 357 g/mol. The average molecular weight is 359 g/mol. The zero-order valence-corrected chi connectivity index (χ0v) is 11.9. The average Bonchev–Trinajstić information content (AvgIpc) is 2.74. The predicted octanol–water partition coefficient (Wildman–Crippen LogP) is 3.73. The van der Waals surface area contributed by atoms with E-state index in [0.29, 0.717) is 17.0 Å². The van der Waals surface area contributed by atoms with Crippen molar-refractivity contribution in [1.29, 1.82) is 0 Å². The maximum Gasteiger partial charge on any atom is 0.287 e. The van der Waals surface area contributed by atoms with E-state index in [4.69, 9.17) is 4.42 Å². The van der Waals surface area contributed by atoms with Gasteiger partial charge in [0.15, 0.2) is 10.4 Å². The second-order valence-electron chi connectivity index (χ2n) is 3.38. The fraction of sp³-hybridized carbons (Fsp3) is 0.0833. The first-order valence-corrected chi connectivity index (χ1v) is 6.52. The summed E-state index contributed by atoms with van der Waals surface area (Å²) in [5, 5.41) is 2.79. The Morgan fingerprint density at radius 2 is 1.94 bits per heavy atom. The van der Waals surface area contributed by atoms with Gasteiger partial charge >= 0.3 is 0 Å². The minimum Gasteiger partial charge on any atom is -0.444 e. The van der Waals surface area contributed by atoms with E-state index in [9.17, 15) is 4.79 Å². The van der Waals surface area contributed by atoms with Gasteiger partial charge in [0, 0.05) is 11.0 Å². The molecule has 0 aliphatic carbocycles. The molecule has 0 radical (unpaired) electrons. The van der Waals surface area contributed by atoms with Crippen LogP contribution in [0.5, 0.6) is 0 Å². The Bertz CT molecular complexity index is 537. The molecule has 0 aliphatic rings. The molecule has 17 heavy (non-hydrogen) atoms. The highest BCUT2D eigenvalue weighted by molar-refractivity contribution is 9.10. The summed E-state index contributed by atoms with van der Waals surface area (Å²) < 4.78 is 6.67. The van der Waals surface area contributed by atoms with Gasteiger partial charge in [-0.05, 0) is 39.7 Å². The van der Waals surface area contributed by atoms with Crippen molar-refractivity contribution >= 4 is 37.8 Å². The van der Waals surface area contributed by atoms with Crippen LogP contribution < -0.4 is 5.32 Å². The Hall–Kier alpha value is -1.07. The van der Waals surface area contributed by atoms with Crippen LogP contribution in [0, 0.1) is 0 Å². The zero-order chi connectivity index (χ0) is 12.3. The van der Waals surface area contributed by atoms with E-state index < -0.39 is 0 Å². The Kier molecular flexibility index (Phi) is 4.02. The SMILES string of the molecule is O=C(NCc1ccccc1Br)c1ccc(Br)o1. The summed E-state index contributed by atoms with van der Waals surface area (Å²) in [4.78, 5) is 11.7. The molecule has 2 rings (SSSR count). The van der Waals surface area contributed by atoms with E-state index in [2.05, 4.69) is 37.2 Å². The molecule has 0 aliphatic heterocycles. The number of nitrogens with one attached hydrogen (secondary N) is 1. The molecule has 1 aromatic carbocycles. The molecule has 2 aromatic rings. The molecule has 3 nitrogen and oxygen atoms in total. The first-order valence-electron chi connectivity index (χ1n) is 4.94. The molecule has 0 saturated heterocycles. The van der Waals surface area contributed by atoms with Crippen LogP contribution in [0.2, 0.25) is 0 Å². The fourth-order valence-electron chi connectivity index (χ4n) is 1.34. The topological polar surface area (TPSA) is 42.2 Å². The molecule has 88 valence electrons. The molecule has 1 heterocycles. The van der Waals surface area contributed by atoms with Crippen molar-refractivity contribution < 1.29 is 9.21 Å². The number of rotatable bonds is 3. The van der Waals surface area contributed by atoms with E-state index >= 15 is 0 Å².